The Bertz CT molecular complexity index is 273. The Balaban J connectivity index is 2.42. The van der Waals surface area contributed by atoms with Crippen LogP contribution in [0.25, 0.3) is 0 Å². The highest BCUT2D eigenvalue weighted by Gasteiger charge is 1.97. The minimum atomic E-state index is 1.08. The van der Waals surface area contributed by atoms with Crippen molar-refractivity contribution >= 4 is 0 Å². The van der Waals surface area contributed by atoms with Crippen LogP contribution < -0.4 is 0 Å². The van der Waals surface area contributed by atoms with Gasteiger partial charge >= 0.3 is 0 Å². The predicted octanol–water partition coefficient (Wildman–Crippen LogP) is 4.24. The molecular weight excluding hydrogens is 168 g/mol. The van der Waals surface area contributed by atoms with Crippen molar-refractivity contribution in [2.45, 2.75) is 46.0 Å². The summed E-state index contributed by atoms with van der Waals surface area (Å²) in [4.78, 5) is 0. The summed E-state index contributed by atoms with van der Waals surface area (Å²) >= 11 is 0. The molecule has 0 amide bonds. The standard InChI is InChI=1S/C14H21/c1-4-5-6-7-8-14-10-9-12(2)11-13(14)3/h9-11H,1,4-8H2,2-3H3. The van der Waals surface area contributed by atoms with Crippen LogP contribution in [-0.2, 0) is 6.42 Å². The minimum absolute atomic E-state index is 1.08. The van der Waals surface area contributed by atoms with E-state index in [0.717, 1.165) is 6.42 Å². The fourth-order valence-electron chi connectivity index (χ4n) is 1.80. The monoisotopic (exact) mass is 189 g/mol. The number of hydrogen-bond donors (Lipinski definition) is 0. The number of hydrogen-bond acceptors (Lipinski definition) is 0. The van der Waals surface area contributed by atoms with Crippen molar-refractivity contribution in [3.63, 3.8) is 0 Å². The van der Waals surface area contributed by atoms with Gasteiger partial charge in [0.25, 0.3) is 0 Å². The van der Waals surface area contributed by atoms with Gasteiger partial charge in [-0.2, -0.15) is 0 Å². The Labute approximate surface area is 88.4 Å². The Morgan fingerprint density at radius 3 is 2.50 bits per heavy atom. The van der Waals surface area contributed by atoms with E-state index in [-0.39, 0.29) is 0 Å². The van der Waals surface area contributed by atoms with Crippen LogP contribution in [0.1, 0.15) is 42.4 Å². The van der Waals surface area contributed by atoms with Gasteiger partial charge in [0.1, 0.15) is 0 Å². The van der Waals surface area contributed by atoms with Gasteiger partial charge < -0.3 is 0 Å². The number of unbranched alkanes of at least 4 members (excludes halogenated alkanes) is 3. The number of aryl methyl sites for hydroxylation is 3. The first kappa shape index (κ1) is 11.3. The molecule has 0 unspecified atom stereocenters. The molecule has 0 N–H and O–H groups in total. The summed E-state index contributed by atoms with van der Waals surface area (Å²) < 4.78 is 0. The van der Waals surface area contributed by atoms with Gasteiger partial charge in [-0.3, -0.25) is 0 Å². The van der Waals surface area contributed by atoms with Crippen molar-refractivity contribution in [3.05, 3.63) is 41.8 Å². The Morgan fingerprint density at radius 2 is 1.86 bits per heavy atom. The van der Waals surface area contributed by atoms with E-state index in [1.54, 1.807) is 0 Å². The predicted molar refractivity (Wildman–Crippen MR) is 63.4 cm³/mol. The summed E-state index contributed by atoms with van der Waals surface area (Å²) in [5.74, 6) is 0. The third-order valence-corrected chi connectivity index (χ3v) is 2.69. The molecule has 0 heterocycles. The highest BCUT2D eigenvalue weighted by molar-refractivity contribution is 5.30. The van der Waals surface area contributed by atoms with Crippen LogP contribution in [0.4, 0.5) is 0 Å². The topological polar surface area (TPSA) is 0 Å². The molecule has 1 radical (unpaired) electrons. The molecule has 0 aliphatic carbocycles. The van der Waals surface area contributed by atoms with Crippen LogP contribution in [0.15, 0.2) is 18.2 Å². The normalized spacial score (nSPS) is 10.5. The molecule has 1 aromatic rings. The molecule has 1 rings (SSSR count). The van der Waals surface area contributed by atoms with E-state index in [1.807, 2.05) is 0 Å². The second kappa shape index (κ2) is 5.85. The average Bonchev–Trinajstić information content (AvgIpc) is 2.15. The summed E-state index contributed by atoms with van der Waals surface area (Å²) in [6.45, 7) is 8.22. The maximum absolute atomic E-state index is 3.86. The van der Waals surface area contributed by atoms with Gasteiger partial charge in [0.2, 0.25) is 0 Å². The Morgan fingerprint density at radius 1 is 1.07 bits per heavy atom. The molecule has 0 fully saturated rings. The SMILES string of the molecule is [CH2]CCCCCc1ccc(C)cc1C. The van der Waals surface area contributed by atoms with Crippen LogP contribution in [0, 0.1) is 20.8 Å². The zero-order chi connectivity index (χ0) is 10.4. The van der Waals surface area contributed by atoms with Crippen LogP contribution in [-0.4, -0.2) is 0 Å². The maximum atomic E-state index is 3.86. The van der Waals surface area contributed by atoms with E-state index in [1.165, 1.54) is 42.4 Å². The Kier molecular flexibility index (Phi) is 4.72. The van der Waals surface area contributed by atoms with E-state index in [2.05, 4.69) is 39.0 Å². The summed E-state index contributed by atoms with van der Waals surface area (Å²) in [6.07, 6.45) is 6.19. The molecule has 14 heavy (non-hydrogen) atoms. The molecule has 77 valence electrons. The molecule has 0 heteroatoms. The first-order valence-corrected chi connectivity index (χ1v) is 5.59. The van der Waals surface area contributed by atoms with Gasteiger partial charge in [-0.1, -0.05) is 49.9 Å². The second-order valence-electron chi connectivity index (χ2n) is 4.09. The van der Waals surface area contributed by atoms with Crippen molar-refractivity contribution in [3.8, 4) is 0 Å². The largest absolute Gasteiger partial charge is 0.0590 e. The van der Waals surface area contributed by atoms with Crippen molar-refractivity contribution in [2.24, 2.45) is 0 Å². The number of benzene rings is 1. The quantitative estimate of drug-likeness (QED) is 0.608. The molecule has 0 spiro atoms. The van der Waals surface area contributed by atoms with Crippen LogP contribution >= 0.6 is 0 Å². The molecule has 1 aromatic carbocycles. The maximum Gasteiger partial charge on any atom is -0.0276 e. The zero-order valence-corrected chi connectivity index (χ0v) is 9.47. The van der Waals surface area contributed by atoms with E-state index in [4.69, 9.17) is 0 Å². The van der Waals surface area contributed by atoms with Gasteiger partial charge in [0.05, 0.1) is 0 Å². The summed E-state index contributed by atoms with van der Waals surface area (Å²) in [5.41, 5.74) is 4.32. The van der Waals surface area contributed by atoms with Crippen molar-refractivity contribution in [1.29, 1.82) is 0 Å². The fourth-order valence-corrected chi connectivity index (χ4v) is 1.80. The summed E-state index contributed by atoms with van der Waals surface area (Å²) in [6, 6.07) is 6.76. The smallest absolute Gasteiger partial charge is 0.0276 e. The van der Waals surface area contributed by atoms with E-state index >= 15 is 0 Å². The highest BCUT2D eigenvalue weighted by Crippen LogP contribution is 2.14. The lowest BCUT2D eigenvalue weighted by atomic mass is 10.00. The van der Waals surface area contributed by atoms with Crippen molar-refractivity contribution in [2.75, 3.05) is 0 Å². The molecular formula is C14H21. The number of rotatable bonds is 5. The van der Waals surface area contributed by atoms with Gasteiger partial charge in [-0.05, 0) is 37.8 Å². The molecule has 0 atom stereocenters. The van der Waals surface area contributed by atoms with Crippen LogP contribution in [0.2, 0.25) is 0 Å². The fraction of sp³-hybridized carbons (Fsp3) is 0.500. The van der Waals surface area contributed by atoms with Gasteiger partial charge in [0.15, 0.2) is 0 Å². The summed E-state index contributed by atoms with van der Waals surface area (Å²) in [5, 5.41) is 0. The molecule has 0 aliphatic heterocycles. The lowest BCUT2D eigenvalue weighted by Crippen LogP contribution is -1.90. The lowest BCUT2D eigenvalue weighted by Gasteiger charge is -2.06. The van der Waals surface area contributed by atoms with Gasteiger partial charge in [-0.25, -0.2) is 0 Å². The molecule has 0 aromatic heterocycles. The average molecular weight is 189 g/mol. The first-order valence-electron chi connectivity index (χ1n) is 5.59. The molecule has 0 nitrogen and oxygen atoms in total. The zero-order valence-electron chi connectivity index (χ0n) is 9.47. The van der Waals surface area contributed by atoms with Gasteiger partial charge in [0, 0.05) is 0 Å². The molecule has 0 saturated carbocycles. The minimum Gasteiger partial charge on any atom is -0.0590 e. The Hall–Kier alpha value is -0.780. The molecule has 0 aliphatic rings. The third-order valence-electron chi connectivity index (χ3n) is 2.69. The molecule has 0 bridgehead atoms. The second-order valence-corrected chi connectivity index (χ2v) is 4.09. The summed E-state index contributed by atoms with van der Waals surface area (Å²) in [7, 11) is 0. The third kappa shape index (κ3) is 3.53. The van der Waals surface area contributed by atoms with E-state index < -0.39 is 0 Å². The van der Waals surface area contributed by atoms with E-state index in [0.29, 0.717) is 0 Å². The lowest BCUT2D eigenvalue weighted by molar-refractivity contribution is 0.684. The molecule has 0 saturated heterocycles. The van der Waals surface area contributed by atoms with Gasteiger partial charge in [-0.15, -0.1) is 0 Å². The highest BCUT2D eigenvalue weighted by atomic mass is 14.0. The van der Waals surface area contributed by atoms with Crippen molar-refractivity contribution in [1.82, 2.24) is 0 Å². The van der Waals surface area contributed by atoms with Crippen LogP contribution in [0.3, 0.4) is 0 Å². The van der Waals surface area contributed by atoms with Crippen LogP contribution in [0.5, 0.6) is 0 Å². The first-order chi connectivity index (χ1) is 6.74. The van der Waals surface area contributed by atoms with E-state index in [9.17, 15) is 0 Å². The van der Waals surface area contributed by atoms with Crippen molar-refractivity contribution < 1.29 is 0 Å².